The van der Waals surface area contributed by atoms with Crippen molar-refractivity contribution < 1.29 is 17.9 Å². The molecule has 2 aliphatic rings. The molecule has 1 aromatic carbocycles. The standard InChI is InChI=1S/C19H27NO4S/c1-5-25(22,23)20-10-8-19(9-11-20)13-16(21)15-12-14(18(2,3)4)6-7-17(15)24-19/h6-7,12H,5,8-11,13H2,1-4H3. The number of Topliss-reactive ketones (excluding diaryl/α,β-unsaturated/α-hetero) is 1. The molecular formula is C19H27NO4S. The van der Waals surface area contributed by atoms with E-state index in [9.17, 15) is 13.2 Å². The van der Waals surface area contributed by atoms with Crippen molar-refractivity contribution in [3.05, 3.63) is 29.3 Å². The van der Waals surface area contributed by atoms with Gasteiger partial charge in [-0.2, -0.15) is 0 Å². The molecule has 0 atom stereocenters. The van der Waals surface area contributed by atoms with Crippen LogP contribution in [-0.2, 0) is 15.4 Å². The number of benzene rings is 1. The van der Waals surface area contributed by atoms with E-state index in [2.05, 4.69) is 20.8 Å². The molecule has 0 bridgehead atoms. The van der Waals surface area contributed by atoms with Gasteiger partial charge in [-0.3, -0.25) is 4.79 Å². The second-order valence-corrected chi connectivity index (χ2v) is 10.4. The molecule has 3 rings (SSSR count). The quantitative estimate of drug-likeness (QED) is 0.808. The number of nitrogens with zero attached hydrogens (tertiary/aromatic N) is 1. The Bertz CT molecular complexity index is 784. The summed E-state index contributed by atoms with van der Waals surface area (Å²) in [6.45, 7) is 8.85. The number of fused-ring (bicyclic) bond motifs is 1. The van der Waals surface area contributed by atoms with E-state index >= 15 is 0 Å². The minimum atomic E-state index is -3.18. The zero-order valence-electron chi connectivity index (χ0n) is 15.5. The summed E-state index contributed by atoms with van der Waals surface area (Å²) in [6.07, 6.45) is 1.43. The maximum absolute atomic E-state index is 12.8. The van der Waals surface area contributed by atoms with Crippen molar-refractivity contribution in [2.24, 2.45) is 0 Å². The molecule has 6 heteroatoms. The number of ether oxygens (including phenoxy) is 1. The highest BCUT2D eigenvalue weighted by Gasteiger charge is 2.44. The van der Waals surface area contributed by atoms with Crippen LogP contribution < -0.4 is 4.74 Å². The first-order valence-corrected chi connectivity index (χ1v) is 10.5. The predicted molar refractivity (Wildman–Crippen MR) is 97.7 cm³/mol. The lowest BCUT2D eigenvalue weighted by Gasteiger charge is -2.43. The Kier molecular flexibility index (Phi) is 4.48. The fourth-order valence-electron chi connectivity index (χ4n) is 3.59. The Morgan fingerprint density at radius 3 is 2.40 bits per heavy atom. The lowest BCUT2D eigenvalue weighted by Crippen LogP contribution is -2.52. The van der Waals surface area contributed by atoms with Crippen LogP contribution in [0, 0.1) is 0 Å². The van der Waals surface area contributed by atoms with E-state index in [4.69, 9.17) is 4.74 Å². The summed E-state index contributed by atoms with van der Waals surface area (Å²) in [5, 5.41) is 0. The summed E-state index contributed by atoms with van der Waals surface area (Å²) in [5.74, 6) is 0.841. The van der Waals surface area contributed by atoms with Crippen molar-refractivity contribution in [3.63, 3.8) is 0 Å². The Balaban J connectivity index is 1.82. The van der Waals surface area contributed by atoms with Crippen molar-refractivity contribution in [2.45, 2.75) is 58.0 Å². The fraction of sp³-hybridized carbons (Fsp3) is 0.632. The monoisotopic (exact) mass is 365 g/mol. The van der Waals surface area contributed by atoms with Gasteiger partial charge in [-0.1, -0.05) is 26.8 Å². The first-order chi connectivity index (χ1) is 11.6. The molecular weight excluding hydrogens is 338 g/mol. The van der Waals surface area contributed by atoms with Gasteiger partial charge < -0.3 is 4.74 Å². The molecule has 0 amide bonds. The Morgan fingerprint density at radius 2 is 1.84 bits per heavy atom. The van der Waals surface area contributed by atoms with Gasteiger partial charge in [-0.05, 0) is 30.0 Å². The first-order valence-electron chi connectivity index (χ1n) is 8.91. The Hall–Kier alpha value is -1.40. The zero-order chi connectivity index (χ0) is 18.5. The van der Waals surface area contributed by atoms with Crippen LogP contribution in [0.25, 0.3) is 0 Å². The third-order valence-electron chi connectivity index (χ3n) is 5.35. The summed E-state index contributed by atoms with van der Waals surface area (Å²) in [7, 11) is -3.18. The lowest BCUT2D eigenvalue weighted by atomic mass is 9.80. The second-order valence-electron chi connectivity index (χ2n) is 8.15. The largest absolute Gasteiger partial charge is 0.486 e. The van der Waals surface area contributed by atoms with Gasteiger partial charge in [0.25, 0.3) is 0 Å². The van der Waals surface area contributed by atoms with E-state index in [0.717, 1.165) is 5.56 Å². The minimum absolute atomic E-state index is 0.0235. The van der Waals surface area contributed by atoms with Gasteiger partial charge in [0.2, 0.25) is 10.0 Å². The topological polar surface area (TPSA) is 63.7 Å². The molecule has 2 heterocycles. The molecule has 0 aromatic heterocycles. The number of hydrogen-bond donors (Lipinski definition) is 0. The average molecular weight is 365 g/mol. The van der Waals surface area contributed by atoms with Gasteiger partial charge in [0.05, 0.1) is 17.7 Å². The van der Waals surface area contributed by atoms with E-state index in [1.54, 1.807) is 6.92 Å². The van der Waals surface area contributed by atoms with Crippen molar-refractivity contribution >= 4 is 15.8 Å². The SMILES string of the molecule is CCS(=O)(=O)N1CCC2(CC1)CC(=O)c1cc(C(C)(C)C)ccc1O2. The van der Waals surface area contributed by atoms with Gasteiger partial charge in [-0.25, -0.2) is 12.7 Å². The van der Waals surface area contributed by atoms with Crippen LogP contribution in [0.1, 0.15) is 62.9 Å². The van der Waals surface area contributed by atoms with Crippen LogP contribution >= 0.6 is 0 Å². The van der Waals surface area contributed by atoms with E-state index in [-0.39, 0.29) is 17.0 Å². The van der Waals surface area contributed by atoms with Crippen LogP contribution in [0.3, 0.4) is 0 Å². The van der Waals surface area contributed by atoms with E-state index in [0.29, 0.717) is 43.7 Å². The molecule has 25 heavy (non-hydrogen) atoms. The van der Waals surface area contributed by atoms with E-state index in [1.807, 2.05) is 18.2 Å². The Morgan fingerprint density at radius 1 is 1.20 bits per heavy atom. The third-order valence-corrected chi connectivity index (χ3v) is 7.23. The highest BCUT2D eigenvalue weighted by atomic mass is 32.2. The summed E-state index contributed by atoms with van der Waals surface area (Å²) in [6, 6.07) is 5.85. The normalized spacial score (nSPS) is 21.0. The number of ketones is 1. The summed E-state index contributed by atoms with van der Waals surface area (Å²) in [5.41, 5.74) is 1.18. The molecule has 1 spiro atoms. The number of carbonyl (C=O) groups is 1. The van der Waals surface area contributed by atoms with Crippen LogP contribution in [-0.4, -0.2) is 42.9 Å². The van der Waals surface area contributed by atoms with Gasteiger partial charge in [0.1, 0.15) is 11.4 Å². The third kappa shape index (κ3) is 3.47. The first kappa shape index (κ1) is 18.4. The maximum Gasteiger partial charge on any atom is 0.213 e. The summed E-state index contributed by atoms with van der Waals surface area (Å²) in [4.78, 5) is 12.8. The number of piperidine rings is 1. The molecule has 1 saturated heterocycles. The molecule has 1 aromatic rings. The lowest BCUT2D eigenvalue weighted by molar-refractivity contribution is 0.00590. The number of hydrogen-bond acceptors (Lipinski definition) is 4. The summed E-state index contributed by atoms with van der Waals surface area (Å²) >= 11 is 0. The van der Waals surface area contributed by atoms with Crippen molar-refractivity contribution in [2.75, 3.05) is 18.8 Å². The number of rotatable bonds is 2. The summed E-state index contributed by atoms with van der Waals surface area (Å²) < 4.78 is 31.8. The van der Waals surface area contributed by atoms with E-state index < -0.39 is 15.6 Å². The van der Waals surface area contributed by atoms with Crippen molar-refractivity contribution in [1.29, 1.82) is 0 Å². The highest BCUT2D eigenvalue weighted by molar-refractivity contribution is 7.89. The maximum atomic E-state index is 12.8. The van der Waals surface area contributed by atoms with E-state index in [1.165, 1.54) is 4.31 Å². The fourth-order valence-corrected chi connectivity index (χ4v) is 4.70. The van der Waals surface area contributed by atoms with Crippen molar-refractivity contribution in [3.8, 4) is 5.75 Å². The van der Waals surface area contributed by atoms with Gasteiger partial charge in [0.15, 0.2) is 5.78 Å². The molecule has 5 nitrogen and oxygen atoms in total. The molecule has 0 unspecified atom stereocenters. The van der Waals surface area contributed by atoms with Gasteiger partial charge in [0, 0.05) is 25.9 Å². The molecule has 138 valence electrons. The van der Waals surface area contributed by atoms with Crippen molar-refractivity contribution in [1.82, 2.24) is 4.31 Å². The predicted octanol–water partition coefficient (Wildman–Crippen LogP) is 3.13. The van der Waals surface area contributed by atoms with Crippen LogP contribution in [0.5, 0.6) is 5.75 Å². The number of carbonyl (C=O) groups excluding carboxylic acids is 1. The van der Waals surface area contributed by atoms with Crippen LogP contribution in [0.4, 0.5) is 0 Å². The minimum Gasteiger partial charge on any atom is -0.486 e. The molecule has 0 radical (unpaired) electrons. The van der Waals surface area contributed by atoms with Gasteiger partial charge >= 0.3 is 0 Å². The Labute approximate surface area is 150 Å². The number of sulfonamides is 1. The highest BCUT2D eigenvalue weighted by Crippen LogP contribution is 2.41. The molecule has 0 N–H and O–H groups in total. The zero-order valence-corrected chi connectivity index (χ0v) is 16.3. The average Bonchev–Trinajstić information content (AvgIpc) is 2.54. The molecule has 0 aliphatic carbocycles. The molecule has 1 fully saturated rings. The van der Waals surface area contributed by atoms with Crippen LogP contribution in [0.15, 0.2) is 18.2 Å². The van der Waals surface area contributed by atoms with Gasteiger partial charge in [-0.15, -0.1) is 0 Å². The molecule has 0 saturated carbocycles. The second kappa shape index (κ2) is 6.09. The smallest absolute Gasteiger partial charge is 0.213 e. The molecule has 2 aliphatic heterocycles. The van der Waals surface area contributed by atoms with Crippen LogP contribution in [0.2, 0.25) is 0 Å².